The lowest BCUT2D eigenvalue weighted by Crippen LogP contribution is -1.83. The van der Waals surface area contributed by atoms with E-state index in [1.165, 1.54) is 42.3 Å². The molecular formula is C12H8S7. The Labute approximate surface area is 140 Å². The van der Waals surface area contributed by atoms with E-state index in [4.69, 9.17) is 0 Å². The van der Waals surface area contributed by atoms with Gasteiger partial charge in [-0.1, -0.05) is 24.3 Å². The van der Waals surface area contributed by atoms with Crippen LogP contribution in [0, 0.1) is 0 Å². The fourth-order valence-electron chi connectivity index (χ4n) is 2.18. The summed E-state index contributed by atoms with van der Waals surface area (Å²) in [5, 5.41) is 0. The summed E-state index contributed by atoms with van der Waals surface area (Å²) in [5.74, 6) is 2.51. The average molecular weight is 377 g/mol. The molecule has 0 amide bonds. The number of rotatable bonds is 0. The second kappa shape index (κ2) is 6.10. The molecule has 0 bridgehead atoms. The Morgan fingerprint density at radius 1 is 0.737 bits per heavy atom. The van der Waals surface area contributed by atoms with Crippen molar-refractivity contribution in [1.29, 1.82) is 0 Å². The Balaban J connectivity index is 1.93. The molecule has 1 aliphatic carbocycles. The number of hydrogen-bond acceptors (Lipinski definition) is 7. The molecule has 0 saturated carbocycles. The topological polar surface area (TPSA) is 0 Å². The van der Waals surface area contributed by atoms with Crippen molar-refractivity contribution in [3.63, 3.8) is 0 Å². The molecule has 1 aromatic rings. The summed E-state index contributed by atoms with van der Waals surface area (Å²) >= 11 is 4.06. The Hall–Kier alpha value is 1.15. The molecule has 2 aliphatic heterocycles. The van der Waals surface area contributed by atoms with Gasteiger partial charge in [0, 0.05) is 31.1 Å². The molecule has 19 heavy (non-hydrogen) atoms. The molecule has 2 heterocycles. The van der Waals surface area contributed by atoms with E-state index in [0.717, 1.165) is 0 Å². The average Bonchev–Trinajstić information content (AvgIpc) is 2.98. The number of benzene rings is 1. The molecule has 0 atom stereocenters. The van der Waals surface area contributed by atoms with Gasteiger partial charge < -0.3 is 0 Å². The van der Waals surface area contributed by atoms with Gasteiger partial charge in [-0.05, 0) is 62.2 Å². The Morgan fingerprint density at radius 3 is 2.21 bits per heavy atom. The van der Waals surface area contributed by atoms with Crippen molar-refractivity contribution in [2.45, 2.75) is 0 Å². The molecule has 3 aliphatic rings. The highest BCUT2D eigenvalue weighted by molar-refractivity contribution is 9.37. The summed E-state index contributed by atoms with van der Waals surface area (Å²) in [5.41, 5.74) is 4.38. The van der Waals surface area contributed by atoms with Crippen molar-refractivity contribution < 1.29 is 0 Å². The van der Waals surface area contributed by atoms with Crippen LogP contribution in [0.1, 0.15) is 11.1 Å². The van der Waals surface area contributed by atoms with Gasteiger partial charge >= 0.3 is 0 Å². The van der Waals surface area contributed by atoms with Crippen LogP contribution in [0.5, 0.6) is 0 Å². The maximum Gasteiger partial charge on any atom is 0.0492 e. The number of hydrogen-bond donors (Lipinski definition) is 0. The quantitative estimate of drug-likeness (QED) is 0.448. The van der Waals surface area contributed by atoms with Crippen LogP contribution >= 0.6 is 74.6 Å². The molecule has 4 rings (SSSR count). The molecule has 0 N–H and O–H groups in total. The van der Waals surface area contributed by atoms with Gasteiger partial charge in [0.15, 0.2) is 0 Å². The predicted octanol–water partition coefficient (Wildman–Crippen LogP) is 6.86. The first kappa shape index (κ1) is 13.8. The van der Waals surface area contributed by atoms with Crippen molar-refractivity contribution in [3.8, 4) is 0 Å². The first-order chi connectivity index (χ1) is 9.45. The lowest BCUT2D eigenvalue weighted by molar-refractivity contribution is 1.59. The van der Waals surface area contributed by atoms with E-state index in [2.05, 4.69) is 24.3 Å². The molecule has 0 spiro atoms. The van der Waals surface area contributed by atoms with Gasteiger partial charge in [0.05, 0.1) is 0 Å². The minimum atomic E-state index is 1.25. The monoisotopic (exact) mass is 376 g/mol. The predicted molar refractivity (Wildman–Crippen MR) is 103 cm³/mol. The van der Waals surface area contributed by atoms with Crippen LogP contribution < -0.4 is 0 Å². The van der Waals surface area contributed by atoms with Crippen molar-refractivity contribution >= 4 is 85.1 Å². The summed E-state index contributed by atoms with van der Waals surface area (Å²) in [7, 11) is 9.51. The SMILES string of the molecule is c1ccc2c(c1)C1=C(SSSSS1)C2=C1SCCS1. The molecule has 1 fully saturated rings. The highest BCUT2D eigenvalue weighted by atomic mass is 33.8. The molecule has 0 radical (unpaired) electrons. The molecular weight excluding hydrogens is 369 g/mol. The van der Waals surface area contributed by atoms with Gasteiger partial charge in [-0.2, -0.15) is 0 Å². The molecule has 1 aromatic carbocycles. The third-order valence-electron chi connectivity index (χ3n) is 2.92. The van der Waals surface area contributed by atoms with Crippen molar-refractivity contribution in [3.05, 3.63) is 44.5 Å². The zero-order chi connectivity index (χ0) is 12.7. The van der Waals surface area contributed by atoms with Gasteiger partial charge in [0.2, 0.25) is 0 Å². The summed E-state index contributed by atoms with van der Waals surface area (Å²) < 4.78 is 1.53. The molecule has 0 aromatic heterocycles. The van der Waals surface area contributed by atoms with Crippen molar-refractivity contribution in [2.75, 3.05) is 11.5 Å². The second-order valence-corrected chi connectivity index (χ2v) is 13.9. The summed E-state index contributed by atoms with van der Waals surface area (Å²) in [6.45, 7) is 0. The zero-order valence-corrected chi connectivity index (χ0v) is 15.3. The van der Waals surface area contributed by atoms with Crippen molar-refractivity contribution in [1.82, 2.24) is 0 Å². The second-order valence-electron chi connectivity index (χ2n) is 3.93. The Bertz CT molecular complexity index is 581. The van der Waals surface area contributed by atoms with Crippen LogP contribution in [-0.4, -0.2) is 11.5 Å². The summed E-state index contributed by atoms with van der Waals surface area (Å²) in [4.78, 5) is 2.96. The molecule has 1 saturated heterocycles. The number of thioether (sulfide) groups is 2. The van der Waals surface area contributed by atoms with Gasteiger partial charge in [-0.25, -0.2) is 0 Å². The van der Waals surface area contributed by atoms with Gasteiger partial charge in [-0.15, -0.1) is 23.5 Å². The largest absolute Gasteiger partial charge is 0.118 e. The van der Waals surface area contributed by atoms with Crippen LogP contribution in [-0.2, 0) is 0 Å². The van der Waals surface area contributed by atoms with Crippen LogP contribution in [0.4, 0.5) is 0 Å². The van der Waals surface area contributed by atoms with E-state index < -0.39 is 0 Å². The van der Waals surface area contributed by atoms with Crippen LogP contribution in [0.25, 0.3) is 10.5 Å². The van der Waals surface area contributed by atoms with E-state index in [1.54, 1.807) is 0 Å². The summed E-state index contributed by atoms with van der Waals surface area (Å²) in [6.07, 6.45) is 0. The van der Waals surface area contributed by atoms with E-state index in [0.29, 0.717) is 0 Å². The lowest BCUT2D eigenvalue weighted by atomic mass is 10.1. The van der Waals surface area contributed by atoms with E-state index >= 15 is 0 Å². The third-order valence-corrected chi connectivity index (χ3v) is 14.1. The molecule has 98 valence electrons. The summed E-state index contributed by atoms with van der Waals surface area (Å²) in [6, 6.07) is 8.89. The Kier molecular flexibility index (Phi) is 4.43. The van der Waals surface area contributed by atoms with Crippen LogP contribution in [0.15, 0.2) is 33.4 Å². The van der Waals surface area contributed by atoms with Gasteiger partial charge in [0.1, 0.15) is 0 Å². The number of fused-ring (bicyclic) bond motifs is 2. The first-order valence-electron chi connectivity index (χ1n) is 5.64. The zero-order valence-electron chi connectivity index (χ0n) is 9.58. The maximum atomic E-state index is 2.29. The lowest BCUT2D eigenvalue weighted by Gasteiger charge is -2.08. The van der Waals surface area contributed by atoms with Crippen LogP contribution in [0.2, 0.25) is 0 Å². The van der Waals surface area contributed by atoms with Crippen LogP contribution in [0.3, 0.4) is 0 Å². The van der Waals surface area contributed by atoms with E-state index in [-0.39, 0.29) is 0 Å². The fourth-order valence-corrected chi connectivity index (χ4v) is 14.1. The number of allylic oxidation sites excluding steroid dienone is 1. The Morgan fingerprint density at radius 2 is 1.42 bits per heavy atom. The first-order valence-corrected chi connectivity index (χ1v) is 13.8. The molecule has 0 unspecified atom stereocenters. The minimum Gasteiger partial charge on any atom is -0.118 e. The fraction of sp³-hybridized carbons (Fsp3) is 0.167. The van der Waals surface area contributed by atoms with E-state index in [9.17, 15) is 0 Å². The van der Waals surface area contributed by atoms with Crippen molar-refractivity contribution in [2.24, 2.45) is 0 Å². The molecule has 7 heteroatoms. The highest BCUT2D eigenvalue weighted by Crippen LogP contribution is 2.67. The molecule has 0 nitrogen and oxygen atoms in total. The van der Waals surface area contributed by atoms with Gasteiger partial charge in [-0.3, -0.25) is 0 Å². The maximum absolute atomic E-state index is 2.29. The third kappa shape index (κ3) is 2.53. The minimum absolute atomic E-state index is 1.25. The van der Waals surface area contributed by atoms with E-state index in [1.807, 2.05) is 74.6 Å². The smallest absolute Gasteiger partial charge is 0.0492 e. The highest BCUT2D eigenvalue weighted by Gasteiger charge is 2.32. The van der Waals surface area contributed by atoms with Gasteiger partial charge in [0.25, 0.3) is 0 Å². The standard InChI is InChI=1S/C12H8S7/c1-2-4-8-7(3-1)9(12-13-5-6-14-12)11-10(8)15-17-19-18-16-11/h1-4H,5-6H2. The normalized spacial score (nSPS) is 22.5.